The zero-order valence-electron chi connectivity index (χ0n) is 17.2. The van der Waals surface area contributed by atoms with Gasteiger partial charge in [-0.15, -0.1) is 0 Å². The molecule has 1 aromatic heterocycles. The van der Waals surface area contributed by atoms with E-state index in [2.05, 4.69) is 4.90 Å². The van der Waals surface area contributed by atoms with Gasteiger partial charge in [0.25, 0.3) is 0 Å². The van der Waals surface area contributed by atoms with Crippen molar-refractivity contribution in [2.45, 2.75) is 38.9 Å². The Balaban J connectivity index is 1.79. The van der Waals surface area contributed by atoms with Crippen LogP contribution in [0.15, 0.2) is 36.4 Å². The third-order valence-electron chi connectivity index (χ3n) is 4.89. The number of phenols is 1. The summed E-state index contributed by atoms with van der Waals surface area (Å²) < 4.78 is 11.2. The Morgan fingerprint density at radius 3 is 2.66 bits per heavy atom. The van der Waals surface area contributed by atoms with Crippen molar-refractivity contribution in [2.75, 3.05) is 25.1 Å². The van der Waals surface area contributed by atoms with Gasteiger partial charge in [0, 0.05) is 25.8 Å². The summed E-state index contributed by atoms with van der Waals surface area (Å²) in [6, 6.07) is 10.8. The van der Waals surface area contributed by atoms with Crippen molar-refractivity contribution >= 4 is 23.4 Å². The summed E-state index contributed by atoms with van der Waals surface area (Å²) in [5, 5.41) is 10.5. The van der Waals surface area contributed by atoms with Crippen LogP contribution in [0.5, 0.6) is 5.75 Å². The van der Waals surface area contributed by atoms with Gasteiger partial charge >= 0.3 is 5.97 Å². The molecule has 3 rings (SSSR count). The zero-order chi connectivity index (χ0) is 21.2. The number of anilines is 1. The van der Waals surface area contributed by atoms with E-state index in [-0.39, 0.29) is 28.8 Å². The SMILES string of the molecule is CO[C@H]1CN(c2cccc(-c3cccc(Cl)c3O)n2)CC[C@H]1C(=O)OC(C)(C)C. The molecule has 1 N–H and O–H groups in total. The molecule has 7 heteroatoms. The Morgan fingerprint density at radius 1 is 1.24 bits per heavy atom. The fraction of sp³-hybridized carbons (Fsp3) is 0.455. The number of esters is 1. The first-order chi connectivity index (χ1) is 13.7. The number of piperidine rings is 1. The number of aromatic hydroxyl groups is 1. The number of rotatable bonds is 4. The van der Waals surface area contributed by atoms with Crippen LogP contribution in [0.25, 0.3) is 11.3 Å². The van der Waals surface area contributed by atoms with Gasteiger partial charge in [-0.25, -0.2) is 4.98 Å². The fourth-order valence-electron chi connectivity index (χ4n) is 3.48. The van der Waals surface area contributed by atoms with Gasteiger partial charge in [-0.2, -0.15) is 0 Å². The number of aromatic nitrogens is 1. The lowest BCUT2D eigenvalue weighted by atomic mass is 9.93. The summed E-state index contributed by atoms with van der Waals surface area (Å²) in [5.41, 5.74) is 0.679. The Bertz CT molecular complexity index is 881. The predicted molar refractivity (Wildman–Crippen MR) is 113 cm³/mol. The monoisotopic (exact) mass is 418 g/mol. The topological polar surface area (TPSA) is 71.9 Å². The predicted octanol–water partition coefficient (Wildman–Crippen LogP) is 4.29. The summed E-state index contributed by atoms with van der Waals surface area (Å²) in [4.78, 5) is 19.3. The van der Waals surface area contributed by atoms with Crippen molar-refractivity contribution in [1.82, 2.24) is 4.98 Å². The van der Waals surface area contributed by atoms with E-state index in [1.807, 2.05) is 39.0 Å². The molecule has 0 aliphatic carbocycles. The normalized spacial score (nSPS) is 19.8. The molecule has 0 saturated carbocycles. The highest BCUT2D eigenvalue weighted by atomic mass is 35.5. The molecular formula is C22H27ClN2O4. The molecule has 2 heterocycles. The number of pyridine rings is 1. The molecule has 1 aromatic carbocycles. The quantitative estimate of drug-likeness (QED) is 0.747. The van der Waals surface area contributed by atoms with Crippen LogP contribution in [0, 0.1) is 5.92 Å². The highest BCUT2D eigenvalue weighted by Crippen LogP contribution is 2.35. The molecule has 0 radical (unpaired) electrons. The van der Waals surface area contributed by atoms with Crippen LogP contribution in [-0.2, 0) is 14.3 Å². The molecular weight excluding hydrogens is 392 g/mol. The Hall–Kier alpha value is -2.31. The van der Waals surface area contributed by atoms with Crippen molar-refractivity contribution in [3.63, 3.8) is 0 Å². The second-order valence-corrected chi connectivity index (χ2v) is 8.57. The lowest BCUT2D eigenvalue weighted by Gasteiger charge is -2.38. The van der Waals surface area contributed by atoms with Gasteiger partial charge in [0.2, 0.25) is 0 Å². The zero-order valence-corrected chi connectivity index (χ0v) is 17.9. The molecule has 2 atom stereocenters. The number of carbonyl (C=O) groups excluding carboxylic acids is 1. The molecule has 1 fully saturated rings. The summed E-state index contributed by atoms with van der Waals surface area (Å²) >= 11 is 6.03. The summed E-state index contributed by atoms with van der Waals surface area (Å²) in [7, 11) is 1.61. The van der Waals surface area contributed by atoms with E-state index in [1.54, 1.807) is 25.3 Å². The number of para-hydroxylation sites is 1. The van der Waals surface area contributed by atoms with E-state index in [0.717, 1.165) is 5.82 Å². The van der Waals surface area contributed by atoms with Crippen molar-refractivity contribution in [3.05, 3.63) is 41.4 Å². The average Bonchev–Trinajstić information content (AvgIpc) is 2.68. The highest BCUT2D eigenvalue weighted by Gasteiger charge is 2.37. The summed E-state index contributed by atoms with van der Waals surface area (Å²) in [6.45, 7) is 6.77. The Morgan fingerprint density at radius 2 is 1.97 bits per heavy atom. The van der Waals surface area contributed by atoms with E-state index in [1.165, 1.54) is 0 Å². The molecule has 1 aliphatic heterocycles. The lowest BCUT2D eigenvalue weighted by molar-refractivity contribution is -0.165. The van der Waals surface area contributed by atoms with Crippen molar-refractivity contribution in [2.24, 2.45) is 5.92 Å². The number of nitrogens with zero attached hydrogens (tertiary/aromatic N) is 2. The maximum atomic E-state index is 12.6. The third kappa shape index (κ3) is 5.00. The minimum absolute atomic E-state index is 0.0113. The Kier molecular flexibility index (Phi) is 6.34. The second-order valence-electron chi connectivity index (χ2n) is 8.17. The number of ether oxygens (including phenoxy) is 2. The van der Waals surface area contributed by atoms with Gasteiger partial charge in [0.1, 0.15) is 17.2 Å². The maximum Gasteiger partial charge on any atom is 0.312 e. The van der Waals surface area contributed by atoms with E-state index in [0.29, 0.717) is 30.8 Å². The lowest BCUT2D eigenvalue weighted by Crippen LogP contribution is -2.49. The van der Waals surface area contributed by atoms with Gasteiger partial charge < -0.3 is 19.5 Å². The smallest absolute Gasteiger partial charge is 0.312 e. The molecule has 0 bridgehead atoms. The molecule has 0 amide bonds. The number of hydrogen-bond acceptors (Lipinski definition) is 6. The molecule has 2 aromatic rings. The first-order valence-electron chi connectivity index (χ1n) is 9.65. The number of carbonyl (C=O) groups is 1. The van der Waals surface area contributed by atoms with Crippen LogP contribution in [0.1, 0.15) is 27.2 Å². The fourth-order valence-corrected chi connectivity index (χ4v) is 3.66. The second kappa shape index (κ2) is 8.59. The molecule has 1 aliphatic rings. The molecule has 6 nitrogen and oxygen atoms in total. The van der Waals surface area contributed by atoms with Crippen molar-refractivity contribution < 1.29 is 19.4 Å². The van der Waals surface area contributed by atoms with Gasteiger partial charge in [0.15, 0.2) is 0 Å². The van der Waals surface area contributed by atoms with Gasteiger partial charge in [-0.05, 0) is 51.5 Å². The summed E-state index contributed by atoms with van der Waals surface area (Å²) in [5.74, 6) is 0.231. The van der Waals surface area contributed by atoms with Crippen LogP contribution >= 0.6 is 11.6 Å². The van der Waals surface area contributed by atoms with E-state index in [4.69, 9.17) is 26.1 Å². The van der Waals surface area contributed by atoms with E-state index >= 15 is 0 Å². The molecule has 1 saturated heterocycles. The largest absolute Gasteiger partial charge is 0.506 e. The first-order valence-corrected chi connectivity index (χ1v) is 10.0. The number of benzene rings is 1. The molecule has 156 valence electrons. The first kappa shape index (κ1) is 21.4. The minimum Gasteiger partial charge on any atom is -0.506 e. The van der Waals surface area contributed by atoms with Crippen LogP contribution in [0.3, 0.4) is 0 Å². The molecule has 0 unspecified atom stereocenters. The summed E-state index contributed by atoms with van der Waals surface area (Å²) in [6.07, 6.45) is 0.325. The third-order valence-corrected chi connectivity index (χ3v) is 5.20. The van der Waals surface area contributed by atoms with Crippen LogP contribution < -0.4 is 4.90 Å². The van der Waals surface area contributed by atoms with E-state index in [9.17, 15) is 9.90 Å². The van der Waals surface area contributed by atoms with Crippen molar-refractivity contribution in [3.8, 4) is 17.0 Å². The van der Waals surface area contributed by atoms with Gasteiger partial charge in [-0.1, -0.05) is 23.7 Å². The number of phenolic OH excluding ortho intramolecular Hbond substituents is 1. The van der Waals surface area contributed by atoms with Gasteiger partial charge in [0.05, 0.1) is 22.7 Å². The van der Waals surface area contributed by atoms with Crippen LogP contribution in [0.2, 0.25) is 5.02 Å². The number of methoxy groups -OCH3 is 1. The molecule has 0 spiro atoms. The van der Waals surface area contributed by atoms with E-state index < -0.39 is 5.60 Å². The average molecular weight is 419 g/mol. The van der Waals surface area contributed by atoms with Crippen LogP contribution in [0.4, 0.5) is 5.82 Å². The number of halogens is 1. The van der Waals surface area contributed by atoms with Crippen LogP contribution in [-0.4, -0.2) is 48.0 Å². The maximum absolute atomic E-state index is 12.6. The number of hydrogen-bond donors (Lipinski definition) is 1. The minimum atomic E-state index is -0.526. The standard InChI is InChI=1S/C22H27ClN2O4/c1-22(2,3)29-21(27)15-11-12-25(13-18(15)28-4)19-10-6-9-17(24-19)14-7-5-8-16(23)20(14)26/h5-10,15,18,26H,11-13H2,1-4H3/t15-,18+/m1/s1. The molecule has 29 heavy (non-hydrogen) atoms. The Labute approximate surface area is 176 Å². The van der Waals surface area contributed by atoms with Gasteiger partial charge in [-0.3, -0.25) is 4.79 Å². The highest BCUT2D eigenvalue weighted by molar-refractivity contribution is 6.32. The van der Waals surface area contributed by atoms with Crippen molar-refractivity contribution in [1.29, 1.82) is 0 Å².